The standard InChI is InChI=1S/C15H18F3NO3S/c16-15(17,18)13-4-2-1-3-12(13)9-14(20)19-10-11-5-7-23(21,22)8-6-11/h1-4,11H,5-10H2,(H,19,20). The van der Waals surface area contributed by atoms with E-state index in [0.29, 0.717) is 19.4 Å². The van der Waals surface area contributed by atoms with Crippen LogP contribution in [0.5, 0.6) is 0 Å². The third-order valence-electron chi connectivity index (χ3n) is 3.94. The van der Waals surface area contributed by atoms with Crippen molar-refractivity contribution in [2.24, 2.45) is 5.92 Å². The summed E-state index contributed by atoms with van der Waals surface area (Å²) in [6, 6.07) is 4.99. The van der Waals surface area contributed by atoms with Gasteiger partial charge in [-0.2, -0.15) is 13.2 Å². The van der Waals surface area contributed by atoms with Crippen molar-refractivity contribution >= 4 is 15.7 Å². The number of alkyl halides is 3. The van der Waals surface area contributed by atoms with Crippen molar-refractivity contribution < 1.29 is 26.4 Å². The summed E-state index contributed by atoms with van der Waals surface area (Å²) in [5, 5.41) is 2.61. The van der Waals surface area contributed by atoms with E-state index in [4.69, 9.17) is 0 Å². The number of halogens is 3. The number of carbonyl (C=O) groups excluding carboxylic acids is 1. The summed E-state index contributed by atoms with van der Waals surface area (Å²) in [7, 11) is -2.96. The molecule has 1 heterocycles. The molecule has 1 amide bonds. The van der Waals surface area contributed by atoms with Gasteiger partial charge in [-0.15, -0.1) is 0 Å². The molecule has 0 radical (unpaired) electrons. The first-order chi connectivity index (χ1) is 10.7. The molecule has 0 aromatic heterocycles. The Kier molecular flexibility index (Phi) is 5.33. The fourth-order valence-corrected chi connectivity index (χ4v) is 4.18. The van der Waals surface area contributed by atoms with Gasteiger partial charge in [0.25, 0.3) is 0 Å². The lowest BCUT2D eigenvalue weighted by Crippen LogP contribution is -2.35. The van der Waals surface area contributed by atoms with Crippen LogP contribution < -0.4 is 5.32 Å². The number of hydrogen-bond donors (Lipinski definition) is 1. The molecule has 128 valence electrons. The predicted octanol–water partition coefficient (Wildman–Crippen LogP) is 2.19. The molecule has 4 nitrogen and oxygen atoms in total. The quantitative estimate of drug-likeness (QED) is 0.906. The van der Waals surface area contributed by atoms with Gasteiger partial charge in [-0.1, -0.05) is 18.2 Å². The molecular formula is C15H18F3NO3S. The van der Waals surface area contributed by atoms with Crippen molar-refractivity contribution in [2.45, 2.75) is 25.4 Å². The SMILES string of the molecule is O=C(Cc1ccccc1C(F)(F)F)NCC1CCS(=O)(=O)CC1. The molecule has 0 unspecified atom stereocenters. The fraction of sp³-hybridized carbons (Fsp3) is 0.533. The smallest absolute Gasteiger partial charge is 0.356 e. The first-order valence-electron chi connectivity index (χ1n) is 7.29. The molecule has 8 heteroatoms. The number of hydrogen-bond acceptors (Lipinski definition) is 3. The van der Waals surface area contributed by atoms with Gasteiger partial charge in [0.1, 0.15) is 9.84 Å². The van der Waals surface area contributed by atoms with Crippen molar-refractivity contribution in [3.63, 3.8) is 0 Å². The Bertz CT molecular complexity index is 657. The summed E-state index contributed by atoms with van der Waals surface area (Å²) < 4.78 is 61.2. The van der Waals surface area contributed by atoms with Gasteiger partial charge in [-0.05, 0) is 30.4 Å². The van der Waals surface area contributed by atoms with Crippen molar-refractivity contribution in [3.05, 3.63) is 35.4 Å². The van der Waals surface area contributed by atoms with Gasteiger partial charge in [0.2, 0.25) is 5.91 Å². The second-order valence-electron chi connectivity index (χ2n) is 5.73. The zero-order chi connectivity index (χ0) is 17.1. The highest BCUT2D eigenvalue weighted by Crippen LogP contribution is 2.32. The van der Waals surface area contributed by atoms with E-state index in [9.17, 15) is 26.4 Å². The molecule has 1 fully saturated rings. The van der Waals surface area contributed by atoms with Crippen LogP contribution in [0.4, 0.5) is 13.2 Å². The molecule has 1 aliphatic heterocycles. The number of carbonyl (C=O) groups is 1. The third-order valence-corrected chi connectivity index (χ3v) is 5.65. The maximum Gasteiger partial charge on any atom is 0.416 e. The Balaban J connectivity index is 1.89. The lowest BCUT2D eigenvalue weighted by atomic mass is 10.0. The normalized spacial score (nSPS) is 18.6. The van der Waals surface area contributed by atoms with Gasteiger partial charge in [0, 0.05) is 6.54 Å². The minimum Gasteiger partial charge on any atom is -0.356 e. The molecule has 0 bridgehead atoms. The van der Waals surface area contributed by atoms with Crippen molar-refractivity contribution in [2.75, 3.05) is 18.1 Å². The van der Waals surface area contributed by atoms with Gasteiger partial charge >= 0.3 is 6.18 Å². The van der Waals surface area contributed by atoms with Crippen LogP contribution in [0.15, 0.2) is 24.3 Å². The second-order valence-corrected chi connectivity index (χ2v) is 8.03. The van der Waals surface area contributed by atoms with Crippen molar-refractivity contribution in [3.8, 4) is 0 Å². The average Bonchev–Trinajstić information content (AvgIpc) is 2.45. The number of rotatable bonds is 4. The van der Waals surface area contributed by atoms with E-state index >= 15 is 0 Å². The Labute approximate surface area is 133 Å². The molecule has 23 heavy (non-hydrogen) atoms. The predicted molar refractivity (Wildman–Crippen MR) is 79.5 cm³/mol. The minimum atomic E-state index is -4.49. The molecule has 1 saturated heterocycles. The Hall–Kier alpha value is -1.57. The highest BCUT2D eigenvalue weighted by Gasteiger charge is 2.33. The summed E-state index contributed by atoms with van der Waals surface area (Å²) in [4.78, 5) is 11.9. The van der Waals surface area contributed by atoms with Gasteiger partial charge in [-0.25, -0.2) is 8.42 Å². The summed E-state index contributed by atoms with van der Waals surface area (Å²) in [5.41, 5.74) is -0.873. The first kappa shape index (κ1) is 17.8. The zero-order valence-electron chi connectivity index (χ0n) is 12.4. The van der Waals surface area contributed by atoms with Crippen LogP contribution in [0.25, 0.3) is 0 Å². The number of sulfone groups is 1. The molecule has 1 N–H and O–H groups in total. The lowest BCUT2D eigenvalue weighted by molar-refractivity contribution is -0.138. The second kappa shape index (κ2) is 6.90. The Morgan fingerprint density at radius 2 is 1.78 bits per heavy atom. The van der Waals surface area contributed by atoms with Crippen LogP contribution in [0, 0.1) is 5.92 Å². The van der Waals surface area contributed by atoms with Crippen LogP contribution in [0.1, 0.15) is 24.0 Å². The molecule has 0 aliphatic carbocycles. The highest BCUT2D eigenvalue weighted by atomic mass is 32.2. The van der Waals surface area contributed by atoms with E-state index in [1.807, 2.05) is 0 Å². The summed E-state index contributed by atoms with van der Waals surface area (Å²) in [5.74, 6) is -0.231. The van der Waals surface area contributed by atoms with Crippen LogP contribution in [-0.4, -0.2) is 32.4 Å². The molecule has 0 spiro atoms. The van der Waals surface area contributed by atoms with Crippen molar-refractivity contribution in [1.29, 1.82) is 0 Å². The van der Waals surface area contributed by atoms with Gasteiger partial charge in [0.15, 0.2) is 0 Å². The van der Waals surface area contributed by atoms with E-state index in [1.54, 1.807) is 0 Å². The van der Waals surface area contributed by atoms with Crippen LogP contribution in [-0.2, 0) is 27.2 Å². The minimum absolute atomic E-state index is 0.0559. The zero-order valence-corrected chi connectivity index (χ0v) is 13.2. The van der Waals surface area contributed by atoms with Crippen LogP contribution >= 0.6 is 0 Å². The largest absolute Gasteiger partial charge is 0.416 e. The molecule has 1 aliphatic rings. The van der Waals surface area contributed by atoms with Crippen molar-refractivity contribution in [1.82, 2.24) is 5.32 Å². The van der Waals surface area contributed by atoms with E-state index in [-0.39, 0.29) is 29.4 Å². The summed E-state index contributed by atoms with van der Waals surface area (Å²) in [6.07, 6.45) is -3.89. The van der Waals surface area contributed by atoms with E-state index < -0.39 is 27.5 Å². The Morgan fingerprint density at radius 1 is 1.17 bits per heavy atom. The highest BCUT2D eigenvalue weighted by molar-refractivity contribution is 7.91. The lowest BCUT2D eigenvalue weighted by Gasteiger charge is -2.22. The van der Waals surface area contributed by atoms with E-state index in [1.165, 1.54) is 18.2 Å². The summed E-state index contributed by atoms with van der Waals surface area (Å²) in [6.45, 7) is 0.294. The fourth-order valence-electron chi connectivity index (χ4n) is 2.59. The first-order valence-corrected chi connectivity index (χ1v) is 9.12. The molecule has 1 aromatic rings. The van der Waals surface area contributed by atoms with E-state index in [0.717, 1.165) is 6.07 Å². The van der Waals surface area contributed by atoms with E-state index in [2.05, 4.69) is 5.32 Å². The molecular weight excluding hydrogens is 331 g/mol. The average molecular weight is 349 g/mol. The van der Waals surface area contributed by atoms with Gasteiger partial charge in [0.05, 0.1) is 23.5 Å². The van der Waals surface area contributed by atoms with Crippen LogP contribution in [0.3, 0.4) is 0 Å². The number of amides is 1. The number of nitrogens with one attached hydrogen (secondary N) is 1. The topological polar surface area (TPSA) is 63.2 Å². The Morgan fingerprint density at radius 3 is 2.39 bits per heavy atom. The summed E-state index contributed by atoms with van der Waals surface area (Å²) >= 11 is 0. The maximum atomic E-state index is 12.9. The maximum absolute atomic E-state index is 12.9. The third kappa shape index (κ3) is 5.23. The van der Waals surface area contributed by atoms with Gasteiger partial charge < -0.3 is 5.32 Å². The number of benzene rings is 1. The molecule has 0 atom stereocenters. The monoisotopic (exact) mass is 349 g/mol. The van der Waals surface area contributed by atoms with Gasteiger partial charge in [-0.3, -0.25) is 4.79 Å². The molecule has 2 rings (SSSR count). The molecule has 0 saturated carbocycles. The van der Waals surface area contributed by atoms with Crippen LogP contribution in [0.2, 0.25) is 0 Å². The molecule has 1 aromatic carbocycles.